The number of benzene rings is 1. The number of rotatable bonds is 2. The maximum atomic E-state index is 5.91. The second-order valence-corrected chi connectivity index (χ2v) is 5.14. The second kappa shape index (κ2) is 4.49. The summed E-state index contributed by atoms with van der Waals surface area (Å²) in [6, 6.07) is 5.67. The fourth-order valence-electron chi connectivity index (χ4n) is 1.39. The molecule has 84 valence electrons. The number of halogens is 1. The molecule has 2 N–H and O–H groups in total. The van der Waals surface area contributed by atoms with Crippen molar-refractivity contribution in [1.29, 1.82) is 0 Å². The Labute approximate surface area is 103 Å². The third-order valence-electron chi connectivity index (χ3n) is 2.25. The highest BCUT2D eigenvalue weighted by Crippen LogP contribution is 2.29. The molecule has 0 aliphatic heterocycles. The molecular weight excluding hydrogens is 242 g/mol. The summed E-state index contributed by atoms with van der Waals surface area (Å²) in [7, 11) is 0. The lowest BCUT2D eigenvalue weighted by Crippen LogP contribution is -2.03. The quantitative estimate of drug-likeness (QED) is 0.894. The SMILES string of the molecule is Cc1cc(Cl)ccc1-c1nnc(C(C)N)s1. The minimum Gasteiger partial charge on any atom is -0.322 e. The molecule has 0 aliphatic carbocycles. The molecule has 0 amide bonds. The van der Waals surface area contributed by atoms with Crippen molar-refractivity contribution in [3.63, 3.8) is 0 Å². The lowest BCUT2D eigenvalue weighted by Gasteiger charge is -2.01. The van der Waals surface area contributed by atoms with E-state index in [4.69, 9.17) is 17.3 Å². The Bertz CT molecular complexity index is 508. The number of hydrogen-bond acceptors (Lipinski definition) is 4. The van der Waals surface area contributed by atoms with E-state index in [0.29, 0.717) is 0 Å². The van der Waals surface area contributed by atoms with E-state index < -0.39 is 0 Å². The highest BCUT2D eigenvalue weighted by molar-refractivity contribution is 7.14. The van der Waals surface area contributed by atoms with E-state index in [1.54, 1.807) is 0 Å². The van der Waals surface area contributed by atoms with Crippen LogP contribution >= 0.6 is 22.9 Å². The van der Waals surface area contributed by atoms with Crippen LogP contribution in [-0.2, 0) is 0 Å². The Morgan fingerprint density at radius 3 is 2.69 bits per heavy atom. The van der Waals surface area contributed by atoms with Crippen LogP contribution in [0.4, 0.5) is 0 Å². The van der Waals surface area contributed by atoms with E-state index in [-0.39, 0.29) is 6.04 Å². The summed E-state index contributed by atoms with van der Waals surface area (Å²) in [6.07, 6.45) is 0. The first-order valence-electron chi connectivity index (χ1n) is 4.93. The first-order chi connectivity index (χ1) is 7.58. The zero-order chi connectivity index (χ0) is 11.7. The van der Waals surface area contributed by atoms with Crippen LogP contribution in [0.3, 0.4) is 0 Å². The Hall–Kier alpha value is -0.970. The molecule has 1 aromatic heterocycles. The predicted molar refractivity (Wildman–Crippen MR) is 67.7 cm³/mol. The molecule has 0 bridgehead atoms. The van der Waals surface area contributed by atoms with Gasteiger partial charge in [0.25, 0.3) is 0 Å². The van der Waals surface area contributed by atoms with Gasteiger partial charge >= 0.3 is 0 Å². The average molecular weight is 254 g/mol. The fourth-order valence-corrected chi connectivity index (χ4v) is 2.51. The summed E-state index contributed by atoms with van der Waals surface area (Å²) in [6.45, 7) is 3.91. The van der Waals surface area contributed by atoms with Gasteiger partial charge in [-0.1, -0.05) is 29.0 Å². The molecule has 1 heterocycles. The third-order valence-corrected chi connectivity index (χ3v) is 3.64. The fraction of sp³-hybridized carbons (Fsp3) is 0.273. The van der Waals surface area contributed by atoms with E-state index in [9.17, 15) is 0 Å². The maximum absolute atomic E-state index is 5.91. The van der Waals surface area contributed by atoms with Crippen LogP contribution in [0.1, 0.15) is 23.5 Å². The molecule has 16 heavy (non-hydrogen) atoms. The minimum absolute atomic E-state index is 0.0705. The van der Waals surface area contributed by atoms with Gasteiger partial charge in [0, 0.05) is 10.6 Å². The molecule has 2 aromatic rings. The van der Waals surface area contributed by atoms with Gasteiger partial charge in [0.05, 0.1) is 6.04 Å². The molecule has 0 fully saturated rings. The summed E-state index contributed by atoms with van der Waals surface area (Å²) in [4.78, 5) is 0. The first-order valence-corrected chi connectivity index (χ1v) is 6.13. The molecule has 0 aliphatic rings. The molecular formula is C11H12ClN3S. The maximum Gasteiger partial charge on any atom is 0.148 e. The van der Waals surface area contributed by atoms with Crippen molar-refractivity contribution in [2.24, 2.45) is 5.73 Å². The average Bonchev–Trinajstić information content (AvgIpc) is 2.66. The Morgan fingerprint density at radius 1 is 1.38 bits per heavy atom. The Morgan fingerprint density at radius 2 is 2.12 bits per heavy atom. The monoisotopic (exact) mass is 253 g/mol. The Balaban J connectivity index is 2.42. The normalized spacial score (nSPS) is 12.8. The molecule has 1 aromatic carbocycles. The molecule has 0 spiro atoms. The van der Waals surface area contributed by atoms with Crippen LogP contribution in [0.5, 0.6) is 0 Å². The predicted octanol–water partition coefficient (Wildman–Crippen LogP) is 3.19. The van der Waals surface area contributed by atoms with Crippen molar-refractivity contribution in [1.82, 2.24) is 10.2 Å². The van der Waals surface area contributed by atoms with Crippen molar-refractivity contribution in [2.75, 3.05) is 0 Å². The van der Waals surface area contributed by atoms with E-state index >= 15 is 0 Å². The van der Waals surface area contributed by atoms with Crippen LogP contribution in [-0.4, -0.2) is 10.2 Å². The summed E-state index contributed by atoms with van der Waals surface area (Å²) >= 11 is 7.43. The van der Waals surface area contributed by atoms with Crippen LogP contribution in [0, 0.1) is 6.92 Å². The number of aryl methyl sites for hydroxylation is 1. The van der Waals surface area contributed by atoms with E-state index in [1.807, 2.05) is 32.0 Å². The largest absolute Gasteiger partial charge is 0.322 e. The van der Waals surface area contributed by atoms with Gasteiger partial charge in [-0.05, 0) is 31.5 Å². The van der Waals surface area contributed by atoms with Crippen LogP contribution in [0.25, 0.3) is 10.6 Å². The van der Waals surface area contributed by atoms with Crippen molar-refractivity contribution < 1.29 is 0 Å². The number of nitrogens with two attached hydrogens (primary N) is 1. The van der Waals surface area contributed by atoms with Gasteiger partial charge in [-0.25, -0.2) is 0 Å². The van der Waals surface area contributed by atoms with E-state index in [2.05, 4.69) is 10.2 Å². The molecule has 0 radical (unpaired) electrons. The van der Waals surface area contributed by atoms with Gasteiger partial charge in [-0.3, -0.25) is 0 Å². The summed E-state index contributed by atoms with van der Waals surface area (Å²) < 4.78 is 0. The van der Waals surface area contributed by atoms with Gasteiger partial charge in [-0.2, -0.15) is 0 Å². The molecule has 2 rings (SSSR count). The van der Waals surface area contributed by atoms with Crippen LogP contribution < -0.4 is 5.73 Å². The molecule has 1 atom stereocenters. The first kappa shape index (κ1) is 11.5. The van der Waals surface area contributed by atoms with Gasteiger partial charge in [-0.15, -0.1) is 10.2 Å². The highest BCUT2D eigenvalue weighted by atomic mass is 35.5. The van der Waals surface area contributed by atoms with Crippen molar-refractivity contribution in [3.8, 4) is 10.6 Å². The molecule has 5 heteroatoms. The number of hydrogen-bond donors (Lipinski definition) is 1. The zero-order valence-corrected chi connectivity index (χ0v) is 10.6. The number of nitrogens with zero attached hydrogens (tertiary/aromatic N) is 2. The molecule has 0 saturated heterocycles. The molecule has 3 nitrogen and oxygen atoms in total. The van der Waals surface area contributed by atoms with Crippen LogP contribution in [0.2, 0.25) is 5.02 Å². The summed E-state index contributed by atoms with van der Waals surface area (Å²) in [5.74, 6) is 0. The van der Waals surface area contributed by atoms with E-state index in [1.165, 1.54) is 11.3 Å². The smallest absolute Gasteiger partial charge is 0.148 e. The zero-order valence-electron chi connectivity index (χ0n) is 9.07. The molecule has 1 unspecified atom stereocenters. The second-order valence-electron chi connectivity index (χ2n) is 3.69. The number of aromatic nitrogens is 2. The highest BCUT2D eigenvalue weighted by Gasteiger charge is 2.11. The molecule has 0 saturated carbocycles. The lowest BCUT2D eigenvalue weighted by atomic mass is 10.1. The van der Waals surface area contributed by atoms with Crippen molar-refractivity contribution >= 4 is 22.9 Å². The van der Waals surface area contributed by atoms with Gasteiger partial charge in [0.1, 0.15) is 10.0 Å². The third kappa shape index (κ3) is 2.24. The van der Waals surface area contributed by atoms with Crippen LogP contribution in [0.15, 0.2) is 18.2 Å². The minimum atomic E-state index is -0.0705. The van der Waals surface area contributed by atoms with Gasteiger partial charge < -0.3 is 5.73 Å². The lowest BCUT2D eigenvalue weighted by molar-refractivity contribution is 0.786. The summed E-state index contributed by atoms with van der Waals surface area (Å²) in [5.41, 5.74) is 7.91. The summed E-state index contributed by atoms with van der Waals surface area (Å²) in [5, 5.41) is 10.7. The van der Waals surface area contributed by atoms with E-state index in [0.717, 1.165) is 26.2 Å². The standard InChI is InChI=1S/C11H12ClN3S/c1-6-5-8(12)3-4-9(6)11-15-14-10(16-11)7(2)13/h3-5,7H,13H2,1-2H3. The van der Waals surface area contributed by atoms with Gasteiger partial charge in [0.15, 0.2) is 0 Å². The van der Waals surface area contributed by atoms with Gasteiger partial charge in [0.2, 0.25) is 0 Å². The Kier molecular flexibility index (Phi) is 3.23. The topological polar surface area (TPSA) is 51.8 Å². The van der Waals surface area contributed by atoms with Crippen molar-refractivity contribution in [2.45, 2.75) is 19.9 Å². The van der Waals surface area contributed by atoms with Crippen molar-refractivity contribution in [3.05, 3.63) is 33.8 Å².